The standard InChI is InChI=1S/C9H11BO4/c1-2-6-5-7(10(13)14)3-4-8(6)9(11)12/h3-5,13-14H,2H2,1H3,(H,11,12). The molecule has 0 amide bonds. The lowest BCUT2D eigenvalue weighted by Gasteiger charge is -2.06. The highest BCUT2D eigenvalue weighted by Crippen LogP contribution is 2.08. The fourth-order valence-corrected chi connectivity index (χ4v) is 1.28. The molecule has 4 nitrogen and oxygen atoms in total. The molecule has 0 spiro atoms. The lowest BCUT2D eigenvalue weighted by molar-refractivity contribution is 0.0695. The Hall–Kier alpha value is -1.33. The number of hydrogen-bond acceptors (Lipinski definition) is 3. The smallest absolute Gasteiger partial charge is 0.478 e. The molecule has 0 saturated carbocycles. The molecule has 0 fully saturated rings. The number of benzene rings is 1. The van der Waals surface area contributed by atoms with Crippen molar-refractivity contribution in [3.8, 4) is 0 Å². The molecular weight excluding hydrogens is 183 g/mol. The van der Waals surface area contributed by atoms with Crippen LogP contribution < -0.4 is 5.46 Å². The fraction of sp³-hybridized carbons (Fsp3) is 0.222. The van der Waals surface area contributed by atoms with Gasteiger partial charge < -0.3 is 15.2 Å². The van der Waals surface area contributed by atoms with Crippen LogP contribution in [0.25, 0.3) is 0 Å². The van der Waals surface area contributed by atoms with E-state index in [9.17, 15) is 4.79 Å². The van der Waals surface area contributed by atoms with Gasteiger partial charge in [0.05, 0.1) is 5.56 Å². The highest BCUT2D eigenvalue weighted by Gasteiger charge is 2.15. The van der Waals surface area contributed by atoms with Gasteiger partial charge in [-0.05, 0) is 23.5 Å². The van der Waals surface area contributed by atoms with Crippen molar-refractivity contribution in [3.05, 3.63) is 29.3 Å². The molecule has 0 atom stereocenters. The molecule has 3 N–H and O–H groups in total. The first-order valence-corrected chi connectivity index (χ1v) is 4.28. The second-order valence-corrected chi connectivity index (χ2v) is 2.95. The Balaban J connectivity index is 3.18. The van der Waals surface area contributed by atoms with Crippen molar-refractivity contribution in [2.75, 3.05) is 0 Å². The molecule has 0 radical (unpaired) electrons. The van der Waals surface area contributed by atoms with Gasteiger partial charge in [-0.3, -0.25) is 0 Å². The van der Waals surface area contributed by atoms with Crippen LogP contribution in [0.1, 0.15) is 22.8 Å². The van der Waals surface area contributed by atoms with Gasteiger partial charge in [0.15, 0.2) is 0 Å². The third-order valence-corrected chi connectivity index (χ3v) is 2.04. The Morgan fingerprint density at radius 3 is 2.50 bits per heavy atom. The predicted molar refractivity (Wildman–Crippen MR) is 52.6 cm³/mol. The highest BCUT2D eigenvalue weighted by molar-refractivity contribution is 6.58. The molecule has 0 aliphatic heterocycles. The van der Waals surface area contributed by atoms with Gasteiger partial charge in [-0.25, -0.2) is 4.79 Å². The number of aryl methyl sites for hydroxylation is 1. The quantitative estimate of drug-likeness (QED) is 0.573. The summed E-state index contributed by atoms with van der Waals surface area (Å²) in [6, 6.07) is 4.28. The van der Waals surface area contributed by atoms with Crippen molar-refractivity contribution >= 4 is 18.6 Å². The topological polar surface area (TPSA) is 77.8 Å². The number of hydrogen-bond donors (Lipinski definition) is 3. The molecule has 14 heavy (non-hydrogen) atoms. The SMILES string of the molecule is CCc1cc(B(O)O)ccc1C(=O)O. The first-order chi connectivity index (χ1) is 6.56. The molecule has 0 aliphatic rings. The van der Waals surface area contributed by atoms with Gasteiger partial charge in [0.1, 0.15) is 0 Å². The van der Waals surface area contributed by atoms with Crippen molar-refractivity contribution in [2.45, 2.75) is 13.3 Å². The normalized spacial score (nSPS) is 9.93. The van der Waals surface area contributed by atoms with Crippen molar-refractivity contribution < 1.29 is 19.9 Å². The Morgan fingerprint density at radius 2 is 2.07 bits per heavy atom. The zero-order valence-electron chi connectivity index (χ0n) is 7.77. The minimum Gasteiger partial charge on any atom is -0.478 e. The average molecular weight is 194 g/mol. The van der Waals surface area contributed by atoms with Gasteiger partial charge in [-0.1, -0.05) is 19.1 Å². The van der Waals surface area contributed by atoms with E-state index in [-0.39, 0.29) is 5.56 Å². The van der Waals surface area contributed by atoms with E-state index in [2.05, 4.69) is 0 Å². The molecule has 1 aromatic rings. The Morgan fingerprint density at radius 1 is 1.43 bits per heavy atom. The van der Waals surface area contributed by atoms with E-state index in [0.717, 1.165) is 0 Å². The zero-order chi connectivity index (χ0) is 10.7. The predicted octanol–water partition coefficient (Wildman–Crippen LogP) is -0.373. The Bertz CT molecular complexity index is 349. The van der Waals surface area contributed by atoms with Crippen molar-refractivity contribution in [1.29, 1.82) is 0 Å². The van der Waals surface area contributed by atoms with Crippen molar-refractivity contribution in [2.24, 2.45) is 0 Å². The molecule has 0 aliphatic carbocycles. The summed E-state index contributed by atoms with van der Waals surface area (Å²) < 4.78 is 0. The molecular formula is C9H11BO4. The maximum atomic E-state index is 10.7. The van der Waals surface area contributed by atoms with E-state index in [4.69, 9.17) is 15.2 Å². The van der Waals surface area contributed by atoms with E-state index in [0.29, 0.717) is 17.4 Å². The molecule has 1 rings (SSSR count). The van der Waals surface area contributed by atoms with E-state index in [1.54, 1.807) is 0 Å². The zero-order valence-corrected chi connectivity index (χ0v) is 7.77. The summed E-state index contributed by atoms with van der Waals surface area (Å²) in [4.78, 5) is 10.7. The van der Waals surface area contributed by atoms with Crippen LogP contribution in [0.3, 0.4) is 0 Å². The van der Waals surface area contributed by atoms with Crippen LogP contribution in [0.5, 0.6) is 0 Å². The van der Waals surface area contributed by atoms with Gasteiger partial charge in [0, 0.05) is 0 Å². The average Bonchev–Trinajstić information content (AvgIpc) is 2.16. The monoisotopic (exact) mass is 194 g/mol. The third kappa shape index (κ3) is 2.13. The minimum atomic E-state index is -1.55. The summed E-state index contributed by atoms with van der Waals surface area (Å²) in [7, 11) is -1.55. The van der Waals surface area contributed by atoms with Crippen molar-refractivity contribution in [3.63, 3.8) is 0 Å². The molecule has 0 bridgehead atoms. The Labute approximate surface area is 82.0 Å². The molecule has 5 heteroatoms. The summed E-state index contributed by atoms with van der Waals surface area (Å²) >= 11 is 0. The first-order valence-electron chi connectivity index (χ1n) is 4.28. The van der Waals surface area contributed by atoms with Gasteiger partial charge in [0.25, 0.3) is 0 Å². The molecule has 0 unspecified atom stereocenters. The molecule has 0 aromatic heterocycles. The maximum Gasteiger partial charge on any atom is 0.488 e. The molecule has 0 heterocycles. The number of carboxylic acids is 1. The lowest BCUT2D eigenvalue weighted by Crippen LogP contribution is -2.30. The van der Waals surface area contributed by atoms with Crippen LogP contribution in [-0.4, -0.2) is 28.2 Å². The van der Waals surface area contributed by atoms with Gasteiger partial charge in [-0.15, -0.1) is 0 Å². The molecule has 74 valence electrons. The summed E-state index contributed by atoms with van der Waals surface area (Å²) in [5.74, 6) is -0.999. The van der Waals surface area contributed by atoms with Gasteiger partial charge in [0.2, 0.25) is 0 Å². The number of aromatic carboxylic acids is 1. The number of carbonyl (C=O) groups is 1. The van der Waals surface area contributed by atoms with E-state index in [1.807, 2.05) is 6.92 Å². The summed E-state index contributed by atoms with van der Waals surface area (Å²) in [5, 5.41) is 26.6. The molecule has 0 saturated heterocycles. The lowest BCUT2D eigenvalue weighted by atomic mass is 9.78. The van der Waals surface area contributed by atoms with E-state index in [1.165, 1.54) is 18.2 Å². The second kappa shape index (κ2) is 4.26. The third-order valence-electron chi connectivity index (χ3n) is 2.04. The fourth-order valence-electron chi connectivity index (χ4n) is 1.28. The second-order valence-electron chi connectivity index (χ2n) is 2.95. The van der Waals surface area contributed by atoms with Crippen molar-refractivity contribution in [1.82, 2.24) is 0 Å². The minimum absolute atomic E-state index is 0.205. The largest absolute Gasteiger partial charge is 0.488 e. The summed E-state index contributed by atoms with van der Waals surface area (Å²) in [5.41, 5.74) is 1.12. The van der Waals surface area contributed by atoms with Gasteiger partial charge in [-0.2, -0.15) is 0 Å². The van der Waals surface area contributed by atoms with Crippen LogP contribution in [0.2, 0.25) is 0 Å². The van der Waals surface area contributed by atoms with Crippen LogP contribution in [0.4, 0.5) is 0 Å². The van der Waals surface area contributed by atoms with E-state index >= 15 is 0 Å². The number of rotatable bonds is 3. The number of carboxylic acid groups (broad SMARTS) is 1. The first kappa shape index (κ1) is 10.8. The van der Waals surface area contributed by atoms with Crippen LogP contribution in [0.15, 0.2) is 18.2 Å². The van der Waals surface area contributed by atoms with E-state index < -0.39 is 13.1 Å². The Kier molecular flexibility index (Phi) is 3.27. The molecule has 1 aromatic carbocycles. The van der Waals surface area contributed by atoms with Crippen LogP contribution >= 0.6 is 0 Å². The summed E-state index contributed by atoms with van der Waals surface area (Å²) in [6.07, 6.45) is 0.544. The van der Waals surface area contributed by atoms with Crippen LogP contribution in [-0.2, 0) is 6.42 Å². The van der Waals surface area contributed by atoms with Gasteiger partial charge >= 0.3 is 13.1 Å². The highest BCUT2D eigenvalue weighted by atomic mass is 16.4. The van der Waals surface area contributed by atoms with Crippen LogP contribution in [0, 0.1) is 0 Å². The summed E-state index contributed by atoms with van der Waals surface area (Å²) in [6.45, 7) is 1.81. The maximum absolute atomic E-state index is 10.7.